The molecule has 0 radical (unpaired) electrons. The SMILES string of the molecule is Clc1ccc2nc(SCCCBr)sc2c1. The van der Waals surface area contributed by atoms with Gasteiger partial charge in [0.2, 0.25) is 0 Å². The Bertz CT molecular complexity index is 458. The number of nitrogens with zero attached hydrogens (tertiary/aromatic N) is 1. The first kappa shape index (κ1) is 11.7. The summed E-state index contributed by atoms with van der Waals surface area (Å²) in [5.74, 6) is 1.11. The molecule has 2 aromatic rings. The van der Waals surface area contributed by atoms with Gasteiger partial charge < -0.3 is 0 Å². The van der Waals surface area contributed by atoms with Gasteiger partial charge in [-0.1, -0.05) is 39.3 Å². The molecule has 0 N–H and O–H groups in total. The third-order valence-corrected chi connectivity index (χ3v) is 4.88. The van der Waals surface area contributed by atoms with Gasteiger partial charge in [-0.05, 0) is 24.6 Å². The third-order valence-electron chi connectivity index (χ3n) is 1.83. The topological polar surface area (TPSA) is 12.9 Å². The molecule has 0 spiro atoms. The van der Waals surface area contributed by atoms with Crippen molar-refractivity contribution in [1.82, 2.24) is 4.98 Å². The van der Waals surface area contributed by atoms with Crippen molar-refractivity contribution < 1.29 is 0 Å². The van der Waals surface area contributed by atoms with Crippen LogP contribution in [0.5, 0.6) is 0 Å². The van der Waals surface area contributed by atoms with Crippen molar-refractivity contribution in [3.63, 3.8) is 0 Å². The molecule has 1 aromatic carbocycles. The molecular formula is C10H9BrClNS2. The molecule has 0 saturated carbocycles. The Morgan fingerprint density at radius 3 is 3.13 bits per heavy atom. The van der Waals surface area contributed by atoms with E-state index in [-0.39, 0.29) is 0 Å². The van der Waals surface area contributed by atoms with E-state index < -0.39 is 0 Å². The fraction of sp³-hybridized carbons (Fsp3) is 0.300. The lowest BCUT2D eigenvalue weighted by atomic mass is 10.3. The van der Waals surface area contributed by atoms with Crippen molar-refractivity contribution in [3.8, 4) is 0 Å². The number of hydrogen-bond donors (Lipinski definition) is 0. The lowest BCUT2D eigenvalue weighted by Gasteiger charge is -1.91. The zero-order chi connectivity index (χ0) is 10.7. The second-order valence-electron chi connectivity index (χ2n) is 2.98. The Labute approximate surface area is 110 Å². The second kappa shape index (κ2) is 5.53. The Morgan fingerprint density at radius 1 is 1.47 bits per heavy atom. The van der Waals surface area contributed by atoms with Crippen LogP contribution < -0.4 is 0 Å². The molecule has 0 unspecified atom stereocenters. The van der Waals surface area contributed by atoms with E-state index in [0.717, 1.165) is 26.0 Å². The number of hydrogen-bond acceptors (Lipinski definition) is 3. The van der Waals surface area contributed by atoms with Crippen molar-refractivity contribution in [2.75, 3.05) is 11.1 Å². The number of rotatable bonds is 4. The van der Waals surface area contributed by atoms with E-state index in [1.54, 1.807) is 11.3 Å². The number of fused-ring (bicyclic) bond motifs is 1. The summed E-state index contributed by atoms with van der Waals surface area (Å²) in [5, 5.41) is 1.83. The van der Waals surface area contributed by atoms with Crippen LogP contribution in [0.1, 0.15) is 6.42 Å². The summed E-state index contributed by atoms with van der Waals surface area (Å²) in [5.41, 5.74) is 1.05. The van der Waals surface area contributed by atoms with Crippen LogP contribution in [0.3, 0.4) is 0 Å². The highest BCUT2D eigenvalue weighted by atomic mass is 79.9. The Balaban J connectivity index is 2.16. The lowest BCUT2D eigenvalue weighted by molar-refractivity contribution is 1.13. The maximum absolute atomic E-state index is 5.92. The number of alkyl halides is 1. The molecule has 1 heterocycles. The van der Waals surface area contributed by atoms with Gasteiger partial charge in [-0.15, -0.1) is 11.3 Å². The summed E-state index contributed by atoms with van der Waals surface area (Å²) in [6.07, 6.45) is 1.17. The molecule has 0 aliphatic carbocycles. The first-order valence-electron chi connectivity index (χ1n) is 4.54. The van der Waals surface area contributed by atoms with Crippen molar-refractivity contribution in [2.45, 2.75) is 10.8 Å². The van der Waals surface area contributed by atoms with Gasteiger partial charge in [0.05, 0.1) is 10.2 Å². The van der Waals surface area contributed by atoms with E-state index in [1.165, 1.54) is 11.1 Å². The van der Waals surface area contributed by atoms with Gasteiger partial charge in [0.1, 0.15) is 0 Å². The summed E-state index contributed by atoms with van der Waals surface area (Å²) in [6, 6.07) is 5.84. The van der Waals surface area contributed by atoms with E-state index in [2.05, 4.69) is 20.9 Å². The Hall–Kier alpha value is 0.230. The maximum Gasteiger partial charge on any atom is 0.151 e. The molecule has 15 heavy (non-hydrogen) atoms. The van der Waals surface area contributed by atoms with E-state index in [9.17, 15) is 0 Å². The predicted molar refractivity (Wildman–Crippen MR) is 73.8 cm³/mol. The Kier molecular flexibility index (Phi) is 4.31. The van der Waals surface area contributed by atoms with Crippen molar-refractivity contribution in [1.29, 1.82) is 0 Å². The first-order valence-corrected chi connectivity index (χ1v) is 7.84. The second-order valence-corrected chi connectivity index (χ2v) is 6.58. The van der Waals surface area contributed by atoms with E-state index in [0.29, 0.717) is 0 Å². The fourth-order valence-corrected chi connectivity index (χ4v) is 4.16. The standard InChI is InChI=1S/C10H9BrClNS2/c11-4-1-5-14-10-13-8-3-2-7(12)6-9(8)15-10/h2-3,6H,1,4-5H2. The van der Waals surface area contributed by atoms with Crippen LogP contribution in [0.25, 0.3) is 10.2 Å². The number of benzene rings is 1. The van der Waals surface area contributed by atoms with Gasteiger partial charge in [-0.2, -0.15) is 0 Å². The fourth-order valence-electron chi connectivity index (χ4n) is 1.15. The van der Waals surface area contributed by atoms with Crippen LogP contribution in [0.4, 0.5) is 0 Å². The van der Waals surface area contributed by atoms with Crippen molar-refractivity contribution >= 4 is 60.8 Å². The van der Waals surface area contributed by atoms with Crippen LogP contribution in [0.15, 0.2) is 22.5 Å². The number of aromatic nitrogens is 1. The highest BCUT2D eigenvalue weighted by Crippen LogP contribution is 2.31. The average molecular weight is 323 g/mol. The molecular weight excluding hydrogens is 314 g/mol. The van der Waals surface area contributed by atoms with Gasteiger partial charge in [0.25, 0.3) is 0 Å². The summed E-state index contributed by atoms with van der Waals surface area (Å²) < 4.78 is 2.30. The minimum absolute atomic E-state index is 0.781. The van der Waals surface area contributed by atoms with Crippen LogP contribution in [-0.2, 0) is 0 Å². The summed E-state index contributed by atoms with van der Waals surface area (Å²) in [6.45, 7) is 0. The molecule has 1 nitrogen and oxygen atoms in total. The zero-order valence-electron chi connectivity index (χ0n) is 7.87. The minimum atomic E-state index is 0.781. The minimum Gasteiger partial charge on any atom is -0.230 e. The average Bonchev–Trinajstić information content (AvgIpc) is 2.60. The smallest absolute Gasteiger partial charge is 0.151 e. The number of halogens is 2. The molecule has 0 fully saturated rings. The van der Waals surface area contributed by atoms with Gasteiger partial charge in [-0.3, -0.25) is 0 Å². The van der Waals surface area contributed by atoms with E-state index in [1.807, 2.05) is 30.0 Å². The molecule has 5 heteroatoms. The van der Waals surface area contributed by atoms with Crippen molar-refractivity contribution in [2.24, 2.45) is 0 Å². The monoisotopic (exact) mass is 321 g/mol. The molecule has 0 bridgehead atoms. The maximum atomic E-state index is 5.92. The Morgan fingerprint density at radius 2 is 2.33 bits per heavy atom. The summed E-state index contributed by atoms with van der Waals surface area (Å²) in [4.78, 5) is 4.53. The molecule has 80 valence electrons. The quantitative estimate of drug-likeness (QED) is 0.454. The van der Waals surface area contributed by atoms with Gasteiger partial charge in [-0.25, -0.2) is 4.98 Å². The highest BCUT2D eigenvalue weighted by Gasteiger charge is 2.04. The lowest BCUT2D eigenvalue weighted by Crippen LogP contribution is -1.78. The summed E-state index contributed by atoms with van der Waals surface area (Å²) in [7, 11) is 0. The van der Waals surface area contributed by atoms with Crippen LogP contribution >= 0.6 is 50.6 Å². The van der Waals surface area contributed by atoms with Crippen LogP contribution in [0.2, 0.25) is 5.02 Å². The molecule has 1 aromatic heterocycles. The van der Waals surface area contributed by atoms with Crippen LogP contribution in [0, 0.1) is 0 Å². The van der Waals surface area contributed by atoms with Gasteiger partial charge in [0, 0.05) is 16.1 Å². The molecule has 2 rings (SSSR count). The normalized spacial score (nSPS) is 11.1. The first-order chi connectivity index (χ1) is 7.29. The molecule has 0 amide bonds. The molecule has 0 saturated heterocycles. The summed E-state index contributed by atoms with van der Waals surface area (Å²) >= 11 is 12.9. The van der Waals surface area contributed by atoms with Gasteiger partial charge in [0.15, 0.2) is 4.34 Å². The number of thioether (sulfide) groups is 1. The van der Waals surface area contributed by atoms with E-state index in [4.69, 9.17) is 11.6 Å². The zero-order valence-corrected chi connectivity index (χ0v) is 11.8. The molecule has 0 aliphatic rings. The molecule has 0 aliphatic heterocycles. The molecule has 0 atom stereocenters. The van der Waals surface area contributed by atoms with Crippen LogP contribution in [-0.4, -0.2) is 16.1 Å². The van der Waals surface area contributed by atoms with Gasteiger partial charge >= 0.3 is 0 Å². The highest BCUT2D eigenvalue weighted by molar-refractivity contribution is 9.09. The number of thiazole rings is 1. The predicted octanol–water partition coefficient (Wildman–Crippen LogP) is 4.83. The van der Waals surface area contributed by atoms with E-state index >= 15 is 0 Å². The third kappa shape index (κ3) is 3.09. The van der Waals surface area contributed by atoms with Crippen molar-refractivity contribution in [3.05, 3.63) is 23.2 Å². The largest absolute Gasteiger partial charge is 0.230 e.